The van der Waals surface area contributed by atoms with Gasteiger partial charge in [-0.1, -0.05) is 37.3 Å². The van der Waals surface area contributed by atoms with E-state index in [4.69, 9.17) is 9.47 Å². The number of amides is 1. The molecule has 1 aliphatic heterocycles. The third kappa shape index (κ3) is 4.64. The van der Waals surface area contributed by atoms with E-state index in [1.165, 1.54) is 12.0 Å². The SMILES string of the molecule is CCCOc1ccc(C2/C(=C(\O)c3cccc(OC)c3)C(=O)C(=O)N2Cc2cccnc2)cc1. The van der Waals surface area contributed by atoms with Crippen molar-refractivity contribution >= 4 is 17.4 Å². The molecule has 174 valence electrons. The molecule has 34 heavy (non-hydrogen) atoms. The maximum atomic E-state index is 13.2. The topological polar surface area (TPSA) is 89.0 Å². The van der Waals surface area contributed by atoms with Crippen molar-refractivity contribution in [3.63, 3.8) is 0 Å². The second-order valence-corrected chi connectivity index (χ2v) is 7.94. The molecule has 0 radical (unpaired) electrons. The van der Waals surface area contributed by atoms with Gasteiger partial charge in [-0.25, -0.2) is 0 Å². The summed E-state index contributed by atoms with van der Waals surface area (Å²) < 4.78 is 10.9. The van der Waals surface area contributed by atoms with Gasteiger partial charge in [0, 0.05) is 24.5 Å². The second kappa shape index (κ2) is 10.2. The molecule has 0 saturated carbocycles. The third-order valence-corrected chi connectivity index (χ3v) is 5.63. The Morgan fingerprint density at radius 2 is 1.85 bits per heavy atom. The lowest BCUT2D eigenvalue weighted by Gasteiger charge is -2.25. The number of likely N-dealkylation sites (tertiary alicyclic amines) is 1. The second-order valence-electron chi connectivity index (χ2n) is 7.94. The van der Waals surface area contributed by atoms with E-state index in [1.54, 1.807) is 54.9 Å². The van der Waals surface area contributed by atoms with Crippen molar-refractivity contribution in [3.05, 3.63) is 95.3 Å². The van der Waals surface area contributed by atoms with Crippen LogP contribution in [0.5, 0.6) is 11.5 Å². The Hall–Kier alpha value is -4.13. The molecule has 1 atom stereocenters. The number of hydrogen-bond acceptors (Lipinski definition) is 6. The van der Waals surface area contributed by atoms with Gasteiger partial charge < -0.3 is 19.5 Å². The van der Waals surface area contributed by atoms with Crippen molar-refractivity contribution in [1.29, 1.82) is 0 Å². The Kier molecular flexibility index (Phi) is 6.92. The number of carbonyl (C=O) groups is 2. The molecule has 1 N–H and O–H groups in total. The average Bonchev–Trinajstić information content (AvgIpc) is 3.13. The number of nitrogens with zero attached hydrogens (tertiary/aromatic N) is 2. The Morgan fingerprint density at radius 1 is 1.06 bits per heavy atom. The maximum absolute atomic E-state index is 13.2. The van der Waals surface area contributed by atoms with E-state index in [1.807, 2.05) is 25.1 Å². The molecule has 0 spiro atoms. The normalized spacial score (nSPS) is 17.1. The maximum Gasteiger partial charge on any atom is 0.295 e. The fourth-order valence-corrected chi connectivity index (χ4v) is 3.97. The van der Waals surface area contributed by atoms with Crippen molar-refractivity contribution in [2.45, 2.75) is 25.9 Å². The number of rotatable bonds is 8. The van der Waals surface area contributed by atoms with Crippen molar-refractivity contribution in [3.8, 4) is 11.5 Å². The first-order chi connectivity index (χ1) is 16.5. The first-order valence-corrected chi connectivity index (χ1v) is 11.1. The van der Waals surface area contributed by atoms with Gasteiger partial charge in [0.1, 0.15) is 17.3 Å². The summed E-state index contributed by atoms with van der Waals surface area (Å²) in [6.45, 7) is 2.79. The van der Waals surface area contributed by atoms with Crippen LogP contribution in [0, 0.1) is 0 Å². The number of methoxy groups -OCH3 is 1. The molecule has 7 heteroatoms. The minimum absolute atomic E-state index is 0.0318. The summed E-state index contributed by atoms with van der Waals surface area (Å²) in [7, 11) is 1.52. The number of ether oxygens (including phenoxy) is 2. The Labute approximate surface area is 198 Å². The van der Waals surface area contributed by atoms with Crippen LogP contribution in [0.3, 0.4) is 0 Å². The number of aliphatic hydroxyl groups is 1. The number of ketones is 1. The summed E-state index contributed by atoms with van der Waals surface area (Å²) in [5.74, 6) is -0.433. The molecule has 0 bridgehead atoms. The largest absolute Gasteiger partial charge is 0.507 e. The molecule has 1 unspecified atom stereocenters. The molecule has 3 aromatic rings. The van der Waals surface area contributed by atoms with E-state index in [2.05, 4.69) is 4.98 Å². The van der Waals surface area contributed by atoms with Gasteiger partial charge in [-0.3, -0.25) is 14.6 Å². The molecule has 1 fully saturated rings. The van der Waals surface area contributed by atoms with Gasteiger partial charge in [0.05, 0.1) is 25.3 Å². The molecule has 1 aromatic heterocycles. The van der Waals surface area contributed by atoms with Crippen LogP contribution in [0.25, 0.3) is 5.76 Å². The van der Waals surface area contributed by atoms with E-state index < -0.39 is 17.7 Å². The summed E-state index contributed by atoms with van der Waals surface area (Å²) in [6, 6.07) is 16.8. The van der Waals surface area contributed by atoms with Gasteiger partial charge in [0.25, 0.3) is 11.7 Å². The molecule has 1 amide bonds. The van der Waals surface area contributed by atoms with E-state index in [0.717, 1.165) is 12.0 Å². The van der Waals surface area contributed by atoms with Crippen LogP contribution in [0.1, 0.15) is 36.1 Å². The average molecular weight is 459 g/mol. The summed E-state index contributed by atoms with van der Waals surface area (Å²) >= 11 is 0. The van der Waals surface area contributed by atoms with Gasteiger partial charge in [0.2, 0.25) is 0 Å². The molecule has 0 aliphatic carbocycles. The highest BCUT2D eigenvalue weighted by atomic mass is 16.5. The number of benzene rings is 2. The number of Topliss-reactive ketones (excluding diaryl/α,β-unsaturated/α-hetero) is 1. The monoisotopic (exact) mass is 458 g/mol. The molecule has 1 saturated heterocycles. The van der Waals surface area contributed by atoms with E-state index in [9.17, 15) is 14.7 Å². The van der Waals surface area contributed by atoms with Crippen LogP contribution < -0.4 is 9.47 Å². The third-order valence-electron chi connectivity index (χ3n) is 5.63. The first kappa shape index (κ1) is 23.0. The molecular formula is C27H26N2O5. The van der Waals surface area contributed by atoms with Crippen molar-refractivity contribution < 1.29 is 24.2 Å². The van der Waals surface area contributed by atoms with Gasteiger partial charge in [0.15, 0.2) is 0 Å². The number of hydrogen-bond donors (Lipinski definition) is 1. The highest BCUT2D eigenvalue weighted by Crippen LogP contribution is 2.41. The van der Waals surface area contributed by atoms with Gasteiger partial charge in [-0.2, -0.15) is 0 Å². The fraction of sp³-hybridized carbons (Fsp3) is 0.222. The van der Waals surface area contributed by atoms with Crippen LogP contribution in [-0.2, 0) is 16.1 Å². The highest BCUT2D eigenvalue weighted by Gasteiger charge is 2.46. The number of aliphatic hydroxyl groups excluding tert-OH is 1. The number of carbonyl (C=O) groups excluding carboxylic acids is 2. The van der Waals surface area contributed by atoms with Crippen molar-refractivity contribution in [1.82, 2.24) is 9.88 Å². The smallest absolute Gasteiger partial charge is 0.295 e. The first-order valence-electron chi connectivity index (χ1n) is 11.1. The number of pyridine rings is 1. The van der Waals surface area contributed by atoms with Crippen molar-refractivity contribution in [2.24, 2.45) is 0 Å². The molecular weight excluding hydrogens is 432 g/mol. The standard InChI is InChI=1S/C27H26N2O5/c1-3-14-34-21-11-9-19(10-12-21)24-23(25(30)20-7-4-8-22(15-20)33-2)26(31)27(32)29(24)17-18-6-5-13-28-16-18/h4-13,15-16,24,30H,3,14,17H2,1-2H3/b25-23+. The van der Waals surface area contributed by atoms with Gasteiger partial charge >= 0.3 is 0 Å². The minimum Gasteiger partial charge on any atom is -0.507 e. The quantitative estimate of drug-likeness (QED) is 0.304. The van der Waals surface area contributed by atoms with Crippen molar-refractivity contribution in [2.75, 3.05) is 13.7 Å². The predicted octanol–water partition coefficient (Wildman–Crippen LogP) is 4.50. The van der Waals surface area contributed by atoms with Gasteiger partial charge in [-0.05, 0) is 47.9 Å². The van der Waals surface area contributed by atoms with Crippen LogP contribution in [-0.4, -0.2) is 40.4 Å². The number of aromatic nitrogens is 1. The van der Waals surface area contributed by atoms with Gasteiger partial charge in [-0.15, -0.1) is 0 Å². The Balaban J connectivity index is 1.81. The van der Waals surface area contributed by atoms with Crippen LogP contribution in [0.2, 0.25) is 0 Å². The predicted molar refractivity (Wildman–Crippen MR) is 127 cm³/mol. The zero-order valence-electron chi connectivity index (χ0n) is 19.1. The fourth-order valence-electron chi connectivity index (χ4n) is 3.97. The van der Waals surface area contributed by atoms with Crippen LogP contribution in [0.4, 0.5) is 0 Å². The lowest BCUT2D eigenvalue weighted by molar-refractivity contribution is -0.140. The summed E-state index contributed by atoms with van der Waals surface area (Å²) in [4.78, 5) is 31.9. The molecule has 2 aromatic carbocycles. The summed E-state index contributed by atoms with van der Waals surface area (Å²) in [6.07, 6.45) is 4.18. The van der Waals surface area contributed by atoms with Crippen LogP contribution >= 0.6 is 0 Å². The Bertz CT molecular complexity index is 1210. The Morgan fingerprint density at radius 3 is 2.53 bits per heavy atom. The lowest BCUT2D eigenvalue weighted by atomic mass is 9.95. The zero-order valence-corrected chi connectivity index (χ0v) is 19.1. The molecule has 1 aliphatic rings. The van der Waals surface area contributed by atoms with E-state index >= 15 is 0 Å². The van der Waals surface area contributed by atoms with E-state index in [-0.39, 0.29) is 17.9 Å². The zero-order chi connectivity index (χ0) is 24.1. The highest BCUT2D eigenvalue weighted by molar-refractivity contribution is 6.46. The minimum atomic E-state index is -0.772. The van der Waals surface area contributed by atoms with E-state index in [0.29, 0.717) is 29.2 Å². The summed E-state index contributed by atoms with van der Waals surface area (Å²) in [5.41, 5.74) is 1.89. The summed E-state index contributed by atoms with van der Waals surface area (Å²) in [5, 5.41) is 11.2. The lowest BCUT2D eigenvalue weighted by Crippen LogP contribution is -2.29. The molecule has 7 nitrogen and oxygen atoms in total. The molecule has 4 rings (SSSR count). The van der Waals surface area contributed by atoms with Crippen LogP contribution in [0.15, 0.2) is 78.6 Å². The molecule has 2 heterocycles.